The highest BCUT2D eigenvalue weighted by atomic mass is 35.5. The van der Waals surface area contributed by atoms with Gasteiger partial charge < -0.3 is 9.47 Å². The highest BCUT2D eigenvalue weighted by molar-refractivity contribution is 6.17. The van der Waals surface area contributed by atoms with Crippen LogP contribution in [0, 0.1) is 0 Å². The molecule has 2 rings (SSSR count). The van der Waals surface area contributed by atoms with Crippen molar-refractivity contribution in [3.8, 4) is 5.75 Å². The molecule has 0 unspecified atom stereocenters. The molecule has 0 saturated heterocycles. The number of unbranched alkanes of at least 4 members (excludes halogenated alkanes) is 1. The van der Waals surface area contributed by atoms with Crippen LogP contribution in [0.15, 0.2) is 18.2 Å². The summed E-state index contributed by atoms with van der Waals surface area (Å²) in [4.78, 5) is 11.6. The summed E-state index contributed by atoms with van der Waals surface area (Å²) in [5.74, 6) is 1.31. The molecule has 0 saturated carbocycles. The number of hydrogen-bond acceptors (Lipinski definition) is 3. The molecule has 0 spiro atoms. The van der Waals surface area contributed by atoms with Crippen molar-refractivity contribution in [1.82, 2.24) is 0 Å². The maximum atomic E-state index is 11.6. The van der Waals surface area contributed by atoms with Gasteiger partial charge in [0.2, 0.25) is 0 Å². The van der Waals surface area contributed by atoms with Gasteiger partial charge in [-0.2, -0.15) is 0 Å². The molecular weight excluding hydrogens is 266 g/mol. The van der Waals surface area contributed by atoms with Gasteiger partial charge >= 0.3 is 6.09 Å². The fourth-order valence-electron chi connectivity index (χ4n) is 2.08. The van der Waals surface area contributed by atoms with E-state index in [0.717, 1.165) is 18.4 Å². The van der Waals surface area contributed by atoms with Gasteiger partial charge in [-0.25, -0.2) is 4.79 Å². The summed E-state index contributed by atoms with van der Waals surface area (Å²) in [6.07, 6.45) is 1.35. The number of benzene rings is 1. The summed E-state index contributed by atoms with van der Waals surface area (Å²) in [7, 11) is 0. The first-order valence-electron chi connectivity index (χ1n) is 6.37. The molecular formula is C14H18ClNO3. The van der Waals surface area contributed by atoms with E-state index in [4.69, 9.17) is 21.1 Å². The molecule has 0 aliphatic carbocycles. The SMILES string of the molecule is CC1(C)OC(=O)Nc2c(OCCCCCl)cccc21. The number of amides is 1. The van der Waals surface area contributed by atoms with E-state index in [1.54, 1.807) is 0 Å². The number of nitrogens with one attached hydrogen (secondary N) is 1. The van der Waals surface area contributed by atoms with E-state index in [1.165, 1.54) is 0 Å². The molecule has 0 bridgehead atoms. The quantitative estimate of drug-likeness (QED) is 0.659. The van der Waals surface area contributed by atoms with Gasteiger partial charge in [-0.3, -0.25) is 5.32 Å². The van der Waals surface area contributed by atoms with Crippen molar-refractivity contribution in [1.29, 1.82) is 0 Å². The van der Waals surface area contributed by atoms with Gasteiger partial charge in [0, 0.05) is 11.4 Å². The number of halogens is 1. The maximum absolute atomic E-state index is 11.6. The minimum atomic E-state index is -0.646. The lowest BCUT2D eigenvalue weighted by molar-refractivity contribution is 0.0416. The van der Waals surface area contributed by atoms with Crippen LogP contribution in [0.2, 0.25) is 0 Å². The normalized spacial score (nSPS) is 16.3. The molecule has 1 aliphatic rings. The number of carbonyl (C=O) groups excluding carboxylic acids is 1. The monoisotopic (exact) mass is 283 g/mol. The molecule has 1 heterocycles. The molecule has 1 aliphatic heterocycles. The summed E-state index contributed by atoms with van der Waals surface area (Å²) in [5.41, 5.74) is 0.976. The summed E-state index contributed by atoms with van der Waals surface area (Å²) in [5, 5.41) is 2.71. The van der Waals surface area contributed by atoms with Crippen LogP contribution in [0.25, 0.3) is 0 Å². The second-order valence-corrected chi connectivity index (χ2v) is 5.33. The highest BCUT2D eigenvalue weighted by Crippen LogP contribution is 2.40. The van der Waals surface area contributed by atoms with Gasteiger partial charge in [0.25, 0.3) is 0 Å². The zero-order valence-corrected chi connectivity index (χ0v) is 11.9. The Hall–Kier alpha value is -1.42. The third-order valence-electron chi connectivity index (χ3n) is 3.04. The fraction of sp³-hybridized carbons (Fsp3) is 0.500. The number of cyclic esters (lactones) is 1. The van der Waals surface area contributed by atoms with Crippen molar-refractivity contribution < 1.29 is 14.3 Å². The Morgan fingerprint density at radius 1 is 1.37 bits per heavy atom. The molecule has 1 aromatic rings. The largest absolute Gasteiger partial charge is 0.491 e. The van der Waals surface area contributed by atoms with Crippen LogP contribution < -0.4 is 10.1 Å². The lowest BCUT2D eigenvalue weighted by Crippen LogP contribution is -2.34. The van der Waals surface area contributed by atoms with Crippen LogP contribution in [-0.2, 0) is 10.3 Å². The first kappa shape index (κ1) is 14.0. The second-order valence-electron chi connectivity index (χ2n) is 4.95. The lowest BCUT2D eigenvalue weighted by Gasteiger charge is -2.33. The van der Waals surface area contributed by atoms with Crippen LogP contribution >= 0.6 is 11.6 Å². The number of carbonyl (C=O) groups is 1. The van der Waals surface area contributed by atoms with Crippen molar-refractivity contribution in [3.63, 3.8) is 0 Å². The van der Waals surface area contributed by atoms with Gasteiger partial charge in [-0.05, 0) is 32.8 Å². The minimum absolute atomic E-state index is 0.450. The van der Waals surface area contributed by atoms with Gasteiger partial charge in [0.05, 0.1) is 12.3 Å². The first-order valence-corrected chi connectivity index (χ1v) is 6.90. The Morgan fingerprint density at radius 3 is 2.89 bits per heavy atom. The molecule has 1 amide bonds. The topological polar surface area (TPSA) is 47.6 Å². The van der Waals surface area contributed by atoms with E-state index >= 15 is 0 Å². The number of ether oxygens (including phenoxy) is 2. The predicted octanol–water partition coefficient (Wildman–Crippen LogP) is 3.88. The minimum Gasteiger partial charge on any atom is -0.491 e. The number of alkyl halides is 1. The van der Waals surface area contributed by atoms with E-state index < -0.39 is 11.7 Å². The van der Waals surface area contributed by atoms with Gasteiger partial charge in [0.15, 0.2) is 0 Å². The molecule has 0 atom stereocenters. The van der Waals surface area contributed by atoms with Crippen molar-refractivity contribution in [2.45, 2.75) is 32.3 Å². The Bertz CT molecular complexity index is 474. The Labute approximate surface area is 118 Å². The Morgan fingerprint density at radius 2 is 2.16 bits per heavy atom. The van der Waals surface area contributed by atoms with Gasteiger partial charge in [0.1, 0.15) is 11.4 Å². The number of hydrogen-bond donors (Lipinski definition) is 1. The highest BCUT2D eigenvalue weighted by Gasteiger charge is 2.34. The van der Waals surface area contributed by atoms with Crippen molar-refractivity contribution in [3.05, 3.63) is 23.8 Å². The van der Waals surface area contributed by atoms with Crippen LogP contribution in [0.1, 0.15) is 32.3 Å². The van der Waals surface area contributed by atoms with E-state index in [-0.39, 0.29) is 0 Å². The molecule has 0 fully saturated rings. The third kappa shape index (κ3) is 3.13. The van der Waals surface area contributed by atoms with Crippen molar-refractivity contribution in [2.24, 2.45) is 0 Å². The van der Waals surface area contributed by atoms with Crippen LogP contribution in [0.4, 0.5) is 10.5 Å². The second kappa shape index (κ2) is 5.70. The molecule has 0 aromatic heterocycles. The van der Waals surface area contributed by atoms with E-state index in [0.29, 0.717) is 23.9 Å². The summed E-state index contributed by atoms with van der Waals surface area (Å²) < 4.78 is 11.0. The van der Waals surface area contributed by atoms with Crippen molar-refractivity contribution >= 4 is 23.4 Å². The standard InChI is InChI=1S/C14H18ClNO3/c1-14(2)10-6-5-7-11(18-9-4-3-8-15)12(10)16-13(17)19-14/h5-7H,3-4,8-9H2,1-2H3,(H,16,17). The number of para-hydroxylation sites is 1. The van der Waals surface area contributed by atoms with Gasteiger partial charge in [-0.15, -0.1) is 11.6 Å². The van der Waals surface area contributed by atoms with E-state index in [1.807, 2.05) is 32.0 Å². The van der Waals surface area contributed by atoms with Crippen LogP contribution in [0.3, 0.4) is 0 Å². The molecule has 1 aromatic carbocycles. The predicted molar refractivity (Wildman–Crippen MR) is 75.0 cm³/mol. The summed E-state index contributed by atoms with van der Waals surface area (Å²) >= 11 is 5.63. The summed E-state index contributed by atoms with van der Waals surface area (Å²) in [6, 6.07) is 5.68. The smallest absolute Gasteiger partial charge is 0.412 e. The molecule has 19 heavy (non-hydrogen) atoms. The molecule has 5 heteroatoms. The number of fused-ring (bicyclic) bond motifs is 1. The number of rotatable bonds is 5. The number of anilines is 1. The van der Waals surface area contributed by atoms with E-state index in [9.17, 15) is 4.79 Å². The fourth-order valence-corrected chi connectivity index (χ4v) is 2.26. The van der Waals surface area contributed by atoms with Gasteiger partial charge in [-0.1, -0.05) is 12.1 Å². The zero-order chi connectivity index (χ0) is 13.9. The Kier molecular flexibility index (Phi) is 4.20. The molecule has 0 radical (unpaired) electrons. The van der Waals surface area contributed by atoms with E-state index in [2.05, 4.69) is 5.32 Å². The lowest BCUT2D eigenvalue weighted by atomic mass is 9.94. The first-order chi connectivity index (χ1) is 9.04. The van der Waals surface area contributed by atoms with Crippen LogP contribution in [-0.4, -0.2) is 18.6 Å². The molecule has 1 N–H and O–H groups in total. The third-order valence-corrected chi connectivity index (χ3v) is 3.30. The average molecular weight is 284 g/mol. The molecule has 4 nitrogen and oxygen atoms in total. The Balaban J connectivity index is 2.20. The van der Waals surface area contributed by atoms with Crippen LogP contribution in [0.5, 0.6) is 5.75 Å². The maximum Gasteiger partial charge on any atom is 0.412 e. The molecule has 104 valence electrons. The summed E-state index contributed by atoms with van der Waals surface area (Å²) in [6.45, 7) is 4.31. The zero-order valence-electron chi connectivity index (χ0n) is 11.2. The van der Waals surface area contributed by atoms with Crippen molar-refractivity contribution in [2.75, 3.05) is 17.8 Å². The average Bonchev–Trinajstić information content (AvgIpc) is 2.34.